The Kier molecular flexibility index (Phi) is 7.01. The Morgan fingerprint density at radius 1 is 1.12 bits per heavy atom. The van der Waals surface area contributed by atoms with Gasteiger partial charge in [-0.25, -0.2) is 14.6 Å². The van der Waals surface area contributed by atoms with E-state index in [1.54, 1.807) is 31.5 Å². The topological polar surface area (TPSA) is 106 Å². The first-order valence-electron chi connectivity index (χ1n) is 11.0. The van der Waals surface area contributed by atoms with E-state index < -0.39 is 18.1 Å². The lowest BCUT2D eigenvalue weighted by Crippen LogP contribution is -2.52. The van der Waals surface area contributed by atoms with Crippen molar-refractivity contribution in [3.63, 3.8) is 0 Å². The first-order chi connectivity index (χ1) is 16.5. The second-order valence-electron chi connectivity index (χ2n) is 7.94. The highest BCUT2D eigenvalue weighted by molar-refractivity contribution is 5.84. The zero-order valence-electron chi connectivity index (χ0n) is 19.4. The number of esters is 1. The fourth-order valence-corrected chi connectivity index (χ4v) is 4.27. The van der Waals surface area contributed by atoms with Gasteiger partial charge in [-0.3, -0.25) is 0 Å². The summed E-state index contributed by atoms with van der Waals surface area (Å²) in [5, 5.41) is 2.88. The summed E-state index contributed by atoms with van der Waals surface area (Å²) in [6.07, 6.45) is 2.57. The van der Waals surface area contributed by atoms with Crippen molar-refractivity contribution < 1.29 is 23.8 Å². The standard InChI is InChI=1S/C25H28N4O5/c1-32-20-10-9-17(14-21(20)33-2)23-22-18(26-15-27-22)11-12-29(23)25(31)28-19(24(30)34-3)13-16-7-5-4-6-8-16/h4-10,14-15,19,23H,11-13H2,1-3H3,(H,26,27)(H,28,31)/t19-,23?/m0/s1. The van der Waals surface area contributed by atoms with Crippen molar-refractivity contribution in [2.24, 2.45) is 0 Å². The molecule has 2 amide bonds. The molecule has 1 unspecified atom stereocenters. The largest absolute Gasteiger partial charge is 0.493 e. The molecule has 1 aromatic heterocycles. The van der Waals surface area contributed by atoms with Crippen molar-refractivity contribution in [3.8, 4) is 11.5 Å². The molecular weight excluding hydrogens is 436 g/mol. The molecular formula is C25H28N4O5. The van der Waals surface area contributed by atoms with Crippen LogP contribution in [0, 0.1) is 0 Å². The van der Waals surface area contributed by atoms with Crippen molar-refractivity contribution in [1.82, 2.24) is 20.2 Å². The fourth-order valence-electron chi connectivity index (χ4n) is 4.27. The summed E-state index contributed by atoms with van der Waals surface area (Å²) >= 11 is 0. The van der Waals surface area contributed by atoms with Crippen molar-refractivity contribution in [2.75, 3.05) is 27.9 Å². The van der Waals surface area contributed by atoms with Gasteiger partial charge < -0.3 is 29.4 Å². The number of methoxy groups -OCH3 is 3. The number of H-pyrrole nitrogens is 1. The van der Waals surface area contributed by atoms with Gasteiger partial charge in [0.25, 0.3) is 0 Å². The summed E-state index contributed by atoms with van der Waals surface area (Å²) in [5.41, 5.74) is 3.46. The zero-order chi connectivity index (χ0) is 24.1. The minimum atomic E-state index is -0.827. The number of ether oxygens (including phenoxy) is 3. The molecule has 0 saturated carbocycles. The van der Waals surface area contributed by atoms with Gasteiger partial charge in [0, 0.05) is 25.1 Å². The van der Waals surface area contributed by atoms with E-state index in [0.29, 0.717) is 30.9 Å². The van der Waals surface area contributed by atoms with Crippen LogP contribution in [0.2, 0.25) is 0 Å². The number of aromatic nitrogens is 2. The van der Waals surface area contributed by atoms with Crippen LogP contribution in [0.1, 0.15) is 28.6 Å². The maximum Gasteiger partial charge on any atom is 0.328 e. The Morgan fingerprint density at radius 3 is 2.59 bits per heavy atom. The average molecular weight is 465 g/mol. The minimum Gasteiger partial charge on any atom is -0.493 e. The van der Waals surface area contributed by atoms with Crippen molar-refractivity contribution in [2.45, 2.75) is 24.9 Å². The summed E-state index contributed by atoms with van der Waals surface area (Å²) in [6.45, 7) is 0.444. The normalized spacial score (nSPS) is 15.7. The Hall–Kier alpha value is -4.01. The highest BCUT2D eigenvalue weighted by atomic mass is 16.5. The SMILES string of the molecule is COC(=O)[C@H](Cc1ccccc1)NC(=O)N1CCc2[nH]cnc2C1c1ccc(OC)c(OC)c1. The Bertz CT molecular complexity index is 1150. The zero-order valence-corrected chi connectivity index (χ0v) is 19.4. The quantitative estimate of drug-likeness (QED) is 0.521. The summed E-state index contributed by atoms with van der Waals surface area (Å²) in [7, 11) is 4.46. The van der Waals surface area contributed by atoms with E-state index in [0.717, 1.165) is 22.5 Å². The molecule has 0 fully saturated rings. The second-order valence-corrected chi connectivity index (χ2v) is 7.94. The van der Waals surface area contributed by atoms with Crippen molar-refractivity contribution >= 4 is 12.0 Å². The molecule has 0 spiro atoms. The average Bonchev–Trinajstić information content (AvgIpc) is 3.36. The molecule has 0 saturated heterocycles. The number of rotatable bonds is 7. The van der Waals surface area contributed by atoms with Crippen molar-refractivity contribution in [1.29, 1.82) is 0 Å². The van der Waals surface area contributed by atoms with Crippen LogP contribution in [0.3, 0.4) is 0 Å². The van der Waals surface area contributed by atoms with Crippen LogP contribution in [0.4, 0.5) is 4.79 Å². The van der Waals surface area contributed by atoms with E-state index in [4.69, 9.17) is 14.2 Å². The summed E-state index contributed by atoms with van der Waals surface area (Å²) in [4.78, 5) is 35.4. The molecule has 1 aliphatic rings. The molecule has 2 N–H and O–H groups in total. The number of hydrogen-bond donors (Lipinski definition) is 2. The first kappa shape index (κ1) is 23.2. The smallest absolute Gasteiger partial charge is 0.328 e. The maximum absolute atomic E-state index is 13.5. The van der Waals surface area contributed by atoms with Crippen LogP contribution in [0.25, 0.3) is 0 Å². The highest BCUT2D eigenvalue weighted by Gasteiger charge is 2.36. The van der Waals surface area contributed by atoms with E-state index in [9.17, 15) is 9.59 Å². The number of carbonyl (C=O) groups excluding carboxylic acids is 2. The molecule has 9 nitrogen and oxygen atoms in total. The van der Waals surface area contributed by atoms with Gasteiger partial charge >= 0.3 is 12.0 Å². The third-order valence-corrected chi connectivity index (χ3v) is 5.98. The van der Waals surface area contributed by atoms with Gasteiger partial charge in [0.05, 0.1) is 33.4 Å². The van der Waals surface area contributed by atoms with Crippen LogP contribution in [-0.2, 0) is 22.4 Å². The summed E-state index contributed by atoms with van der Waals surface area (Å²) in [5.74, 6) is 0.644. The van der Waals surface area contributed by atoms with Crippen LogP contribution < -0.4 is 14.8 Å². The molecule has 0 aliphatic carbocycles. The van der Waals surface area contributed by atoms with Gasteiger partial charge in [-0.05, 0) is 23.3 Å². The number of nitrogens with one attached hydrogen (secondary N) is 2. The van der Waals surface area contributed by atoms with Gasteiger partial charge in [0.15, 0.2) is 11.5 Å². The van der Waals surface area contributed by atoms with Gasteiger partial charge in [-0.2, -0.15) is 0 Å². The summed E-state index contributed by atoms with van der Waals surface area (Å²) < 4.78 is 15.8. The molecule has 2 aromatic carbocycles. The Morgan fingerprint density at radius 2 is 1.88 bits per heavy atom. The molecule has 2 heterocycles. The second kappa shape index (κ2) is 10.3. The van der Waals surface area contributed by atoms with Crippen LogP contribution >= 0.6 is 0 Å². The van der Waals surface area contributed by atoms with Crippen LogP contribution in [0.5, 0.6) is 11.5 Å². The molecule has 4 rings (SSSR count). The Labute approximate surface area is 198 Å². The van der Waals surface area contributed by atoms with Crippen molar-refractivity contribution in [3.05, 3.63) is 77.4 Å². The molecule has 34 heavy (non-hydrogen) atoms. The number of urea groups is 1. The van der Waals surface area contributed by atoms with Gasteiger partial charge in [-0.1, -0.05) is 36.4 Å². The molecule has 3 aromatic rings. The number of fused-ring (bicyclic) bond motifs is 1. The third-order valence-electron chi connectivity index (χ3n) is 5.98. The number of aromatic amines is 1. The summed E-state index contributed by atoms with van der Waals surface area (Å²) in [6, 6.07) is 13.4. The molecule has 0 bridgehead atoms. The molecule has 1 aliphatic heterocycles. The third kappa shape index (κ3) is 4.68. The number of imidazole rings is 1. The lowest BCUT2D eigenvalue weighted by molar-refractivity contribution is -0.142. The number of amides is 2. The lowest BCUT2D eigenvalue weighted by Gasteiger charge is -2.36. The van der Waals surface area contributed by atoms with E-state index in [2.05, 4.69) is 15.3 Å². The fraction of sp³-hybridized carbons (Fsp3) is 0.320. The number of nitrogens with zero attached hydrogens (tertiary/aromatic N) is 2. The van der Waals surface area contributed by atoms with E-state index in [1.807, 2.05) is 42.5 Å². The molecule has 0 radical (unpaired) electrons. The number of hydrogen-bond acceptors (Lipinski definition) is 6. The monoisotopic (exact) mass is 464 g/mol. The molecule has 2 atom stereocenters. The number of carbonyl (C=O) groups is 2. The van der Waals surface area contributed by atoms with Crippen LogP contribution in [0.15, 0.2) is 54.9 Å². The predicted molar refractivity (Wildman–Crippen MR) is 125 cm³/mol. The predicted octanol–water partition coefficient (Wildman–Crippen LogP) is 2.87. The van der Waals surface area contributed by atoms with Gasteiger partial charge in [-0.15, -0.1) is 0 Å². The van der Waals surface area contributed by atoms with E-state index in [1.165, 1.54) is 7.11 Å². The van der Waals surface area contributed by atoms with E-state index >= 15 is 0 Å². The minimum absolute atomic E-state index is 0.321. The van der Waals surface area contributed by atoms with Gasteiger partial charge in [0.2, 0.25) is 0 Å². The molecule has 178 valence electrons. The maximum atomic E-state index is 13.5. The lowest BCUT2D eigenvalue weighted by atomic mass is 9.95. The van der Waals surface area contributed by atoms with Crippen LogP contribution in [-0.4, -0.2) is 60.8 Å². The highest BCUT2D eigenvalue weighted by Crippen LogP contribution is 2.37. The Balaban J connectivity index is 1.64. The molecule has 9 heteroatoms. The van der Waals surface area contributed by atoms with E-state index in [-0.39, 0.29) is 6.03 Å². The van der Waals surface area contributed by atoms with Gasteiger partial charge in [0.1, 0.15) is 12.1 Å². The first-order valence-corrected chi connectivity index (χ1v) is 11.0. The number of benzene rings is 2.